The van der Waals surface area contributed by atoms with Crippen molar-refractivity contribution < 1.29 is 9.39 Å². The van der Waals surface area contributed by atoms with Crippen molar-refractivity contribution in [2.24, 2.45) is 0 Å². The fourth-order valence-corrected chi connectivity index (χ4v) is 1.44. The molecule has 1 saturated heterocycles. The maximum absolute atomic E-state index is 5.98. The molecule has 1 rings (SSSR count). The van der Waals surface area contributed by atoms with E-state index in [9.17, 15) is 0 Å². The van der Waals surface area contributed by atoms with Crippen LogP contribution in [0.5, 0.6) is 0 Å². The molecular formula is C12H24BO2S. The second kappa shape index (κ2) is 4.91. The van der Waals surface area contributed by atoms with Gasteiger partial charge in [0, 0.05) is 18.0 Å². The molecule has 1 aliphatic heterocycles. The number of hydrogen-bond donors (Lipinski definition) is 1. The van der Waals surface area contributed by atoms with E-state index in [1.807, 2.05) is 7.48 Å². The van der Waals surface area contributed by atoms with Gasteiger partial charge in [-0.1, -0.05) is 6.92 Å². The first-order valence-corrected chi connectivity index (χ1v) is 6.43. The molecule has 2 nitrogen and oxygen atoms in total. The molecule has 0 atom stereocenters. The lowest BCUT2D eigenvalue weighted by molar-refractivity contribution is 0.0489. The van der Waals surface area contributed by atoms with E-state index in [0.717, 1.165) is 26.1 Å². The third kappa shape index (κ3) is 3.68. The summed E-state index contributed by atoms with van der Waals surface area (Å²) < 4.78 is 11.2. The van der Waals surface area contributed by atoms with Gasteiger partial charge in [-0.2, -0.15) is 12.6 Å². The summed E-state index contributed by atoms with van der Waals surface area (Å²) in [5, 5.41) is 0.147. The van der Waals surface area contributed by atoms with Crippen LogP contribution in [-0.2, 0) is 9.39 Å². The molecule has 16 heavy (non-hydrogen) atoms. The van der Waals surface area contributed by atoms with Crippen molar-refractivity contribution >= 4 is 20.1 Å². The summed E-state index contributed by atoms with van der Waals surface area (Å²) in [4.78, 5) is 0. The van der Waals surface area contributed by atoms with E-state index in [-0.39, 0.29) is 15.7 Å². The van der Waals surface area contributed by atoms with Gasteiger partial charge in [-0.25, -0.2) is 0 Å². The lowest BCUT2D eigenvalue weighted by Crippen LogP contribution is -2.46. The van der Waals surface area contributed by atoms with Crippen molar-refractivity contribution in [2.45, 2.75) is 63.1 Å². The minimum atomic E-state index is -0.266. The summed E-state index contributed by atoms with van der Waals surface area (Å²) >= 11 is 4.59. The first-order chi connectivity index (χ1) is 7.16. The second-order valence-electron chi connectivity index (χ2n) is 6.07. The van der Waals surface area contributed by atoms with Crippen LogP contribution in [0, 0.1) is 0 Å². The third-order valence-electron chi connectivity index (χ3n) is 3.75. The van der Waals surface area contributed by atoms with Gasteiger partial charge in [-0.15, -0.1) is 0 Å². The zero-order valence-corrected chi connectivity index (χ0v) is 12.1. The second-order valence-corrected chi connectivity index (χ2v) is 7.19. The number of hydrogen-bond acceptors (Lipinski definition) is 3. The van der Waals surface area contributed by atoms with Gasteiger partial charge in [-0.05, 0) is 45.9 Å². The maximum Gasteiger partial charge on any atom is 0.299 e. The van der Waals surface area contributed by atoms with Gasteiger partial charge in [0.25, 0.3) is 7.48 Å². The highest BCUT2D eigenvalue weighted by Gasteiger charge is 2.38. The molecule has 1 aliphatic rings. The Morgan fingerprint density at radius 1 is 1.19 bits per heavy atom. The Bertz CT molecular complexity index is 230. The average molecular weight is 243 g/mol. The van der Waals surface area contributed by atoms with Gasteiger partial charge < -0.3 is 9.39 Å². The van der Waals surface area contributed by atoms with Crippen molar-refractivity contribution in [2.75, 3.05) is 13.2 Å². The highest BCUT2D eigenvalue weighted by molar-refractivity contribution is 7.81. The van der Waals surface area contributed by atoms with Gasteiger partial charge in [0.15, 0.2) is 0 Å². The summed E-state index contributed by atoms with van der Waals surface area (Å²) in [6.45, 7) is 12.2. The number of ether oxygens (including phenoxy) is 1. The number of rotatable bonds is 4. The predicted molar refractivity (Wildman–Crippen MR) is 72.4 cm³/mol. The standard InChI is InChI=1S/C12H24BO2S/c1-10(2,11(3,4)16)15-13-12(5)6-8-14-9-7-12/h16H,6-9H2,1-5H3. The molecule has 1 radical (unpaired) electrons. The smallest absolute Gasteiger partial charge is 0.299 e. The SMILES string of the molecule is CC1([B]OC(C)(C)C(C)(C)S)CCOCC1. The Kier molecular flexibility index (Phi) is 4.42. The van der Waals surface area contributed by atoms with E-state index in [4.69, 9.17) is 9.39 Å². The van der Waals surface area contributed by atoms with Gasteiger partial charge in [0.05, 0.1) is 5.60 Å². The molecule has 0 bridgehead atoms. The molecule has 0 spiro atoms. The molecule has 0 aromatic heterocycles. The lowest BCUT2D eigenvalue weighted by Gasteiger charge is -2.41. The highest BCUT2D eigenvalue weighted by atomic mass is 32.1. The zero-order chi connectivity index (χ0) is 12.4. The molecule has 0 aromatic rings. The molecule has 0 aromatic carbocycles. The van der Waals surface area contributed by atoms with Crippen LogP contribution in [0.25, 0.3) is 0 Å². The molecule has 0 aliphatic carbocycles. The Morgan fingerprint density at radius 2 is 1.69 bits per heavy atom. The fourth-order valence-electron chi connectivity index (χ4n) is 1.39. The predicted octanol–water partition coefficient (Wildman–Crippen LogP) is 3.10. The molecule has 0 saturated carbocycles. The Labute approximate surface area is 106 Å². The van der Waals surface area contributed by atoms with Crippen molar-refractivity contribution in [1.82, 2.24) is 0 Å². The molecule has 0 N–H and O–H groups in total. The summed E-state index contributed by atoms with van der Waals surface area (Å²) in [5.74, 6) is 0. The van der Waals surface area contributed by atoms with Crippen molar-refractivity contribution in [1.29, 1.82) is 0 Å². The summed E-state index contributed by atoms with van der Waals surface area (Å²) in [6, 6.07) is 0. The van der Waals surface area contributed by atoms with E-state index in [2.05, 4.69) is 47.2 Å². The van der Waals surface area contributed by atoms with E-state index >= 15 is 0 Å². The maximum atomic E-state index is 5.98. The van der Waals surface area contributed by atoms with E-state index in [0.29, 0.717) is 0 Å². The van der Waals surface area contributed by atoms with Crippen molar-refractivity contribution in [3.63, 3.8) is 0 Å². The Hall–Kier alpha value is 0.335. The summed E-state index contributed by atoms with van der Waals surface area (Å²) in [6.07, 6.45) is 2.08. The molecule has 93 valence electrons. The van der Waals surface area contributed by atoms with Crippen molar-refractivity contribution in [3.8, 4) is 0 Å². The van der Waals surface area contributed by atoms with Crippen LogP contribution in [0.15, 0.2) is 0 Å². The van der Waals surface area contributed by atoms with Crippen LogP contribution in [0.3, 0.4) is 0 Å². The van der Waals surface area contributed by atoms with Crippen LogP contribution in [0.1, 0.15) is 47.5 Å². The van der Waals surface area contributed by atoms with E-state index < -0.39 is 0 Å². The average Bonchev–Trinajstić information content (AvgIpc) is 2.15. The fraction of sp³-hybridized carbons (Fsp3) is 1.00. The van der Waals surface area contributed by atoms with Crippen LogP contribution in [-0.4, -0.2) is 31.0 Å². The normalized spacial score (nSPS) is 21.9. The van der Waals surface area contributed by atoms with Gasteiger partial charge in [0.1, 0.15) is 0 Å². The van der Waals surface area contributed by atoms with E-state index in [1.165, 1.54) is 0 Å². The first-order valence-electron chi connectivity index (χ1n) is 5.99. The number of thiol groups is 1. The van der Waals surface area contributed by atoms with Gasteiger partial charge >= 0.3 is 0 Å². The van der Waals surface area contributed by atoms with Crippen molar-refractivity contribution in [3.05, 3.63) is 0 Å². The minimum absolute atomic E-state index is 0.147. The van der Waals surface area contributed by atoms with Gasteiger partial charge in [0.2, 0.25) is 0 Å². The molecule has 0 unspecified atom stereocenters. The molecule has 0 amide bonds. The third-order valence-corrected chi connectivity index (χ3v) is 4.28. The zero-order valence-electron chi connectivity index (χ0n) is 11.2. The Balaban J connectivity index is 2.50. The first kappa shape index (κ1) is 14.4. The summed E-state index contributed by atoms with van der Waals surface area (Å²) in [7, 11) is 2.01. The van der Waals surface area contributed by atoms with Gasteiger partial charge in [-0.3, -0.25) is 0 Å². The molecule has 1 heterocycles. The largest absolute Gasteiger partial charge is 0.434 e. The highest BCUT2D eigenvalue weighted by Crippen LogP contribution is 2.39. The monoisotopic (exact) mass is 243 g/mol. The van der Waals surface area contributed by atoms with Crippen LogP contribution >= 0.6 is 12.6 Å². The quantitative estimate of drug-likeness (QED) is 0.604. The van der Waals surface area contributed by atoms with E-state index in [1.54, 1.807) is 0 Å². The van der Waals surface area contributed by atoms with Crippen LogP contribution in [0.2, 0.25) is 5.31 Å². The molecular weight excluding hydrogens is 219 g/mol. The topological polar surface area (TPSA) is 18.5 Å². The van der Waals surface area contributed by atoms with Crippen LogP contribution < -0.4 is 0 Å². The lowest BCUT2D eigenvalue weighted by atomic mass is 9.60. The molecule has 4 heteroatoms. The Morgan fingerprint density at radius 3 is 2.12 bits per heavy atom. The summed E-state index contributed by atoms with van der Waals surface area (Å²) in [5.41, 5.74) is -0.266. The minimum Gasteiger partial charge on any atom is -0.434 e. The molecule has 1 fully saturated rings. The van der Waals surface area contributed by atoms with Crippen LogP contribution in [0.4, 0.5) is 0 Å².